The Morgan fingerprint density at radius 2 is 2.05 bits per heavy atom. The molecule has 0 amide bonds. The van der Waals surface area contributed by atoms with E-state index >= 15 is 0 Å². The SMILES string of the molecule is CC/C=C/C(C)C(C)(C)CC1CC(C2CCN2C)C1C. The first-order valence-electron chi connectivity index (χ1n) is 8.73. The van der Waals surface area contributed by atoms with Crippen molar-refractivity contribution in [3.63, 3.8) is 0 Å². The molecule has 1 aliphatic carbocycles. The molecule has 2 aliphatic rings. The highest BCUT2D eigenvalue weighted by Gasteiger charge is 2.47. The standard InChI is InChI=1S/C19H35N/c1-7-8-9-14(2)19(4,5)13-16-12-17(15(16)3)18-10-11-20(18)6/h8-9,14-18H,7,10-13H2,1-6H3/b9-8+. The molecule has 1 heterocycles. The van der Waals surface area contributed by atoms with Crippen LogP contribution in [0.1, 0.15) is 60.3 Å². The summed E-state index contributed by atoms with van der Waals surface area (Å²) in [5.74, 6) is 3.57. The van der Waals surface area contributed by atoms with Crippen molar-refractivity contribution >= 4 is 0 Å². The van der Waals surface area contributed by atoms with Crippen molar-refractivity contribution in [1.82, 2.24) is 4.90 Å². The largest absolute Gasteiger partial charge is 0.303 e. The van der Waals surface area contributed by atoms with E-state index < -0.39 is 0 Å². The van der Waals surface area contributed by atoms with E-state index in [0.29, 0.717) is 11.3 Å². The van der Waals surface area contributed by atoms with Gasteiger partial charge >= 0.3 is 0 Å². The van der Waals surface area contributed by atoms with E-state index in [-0.39, 0.29) is 0 Å². The molecule has 0 aromatic carbocycles. The Morgan fingerprint density at radius 3 is 2.50 bits per heavy atom. The van der Waals surface area contributed by atoms with Crippen LogP contribution in [0.5, 0.6) is 0 Å². The zero-order valence-electron chi connectivity index (χ0n) is 14.5. The number of allylic oxidation sites excluding steroid dienone is 2. The first kappa shape index (κ1) is 16.1. The maximum atomic E-state index is 2.56. The zero-order chi connectivity index (χ0) is 14.9. The summed E-state index contributed by atoms with van der Waals surface area (Å²) in [5.41, 5.74) is 0.446. The lowest BCUT2D eigenvalue weighted by atomic mass is 9.56. The number of hydrogen-bond donors (Lipinski definition) is 0. The van der Waals surface area contributed by atoms with Crippen LogP contribution in [0, 0.1) is 29.1 Å². The molecule has 0 bridgehead atoms. The zero-order valence-corrected chi connectivity index (χ0v) is 14.5. The van der Waals surface area contributed by atoms with Gasteiger partial charge < -0.3 is 4.90 Å². The average molecular weight is 277 g/mol. The van der Waals surface area contributed by atoms with Crippen molar-refractivity contribution in [2.75, 3.05) is 13.6 Å². The van der Waals surface area contributed by atoms with Gasteiger partial charge in [-0.3, -0.25) is 0 Å². The predicted octanol–water partition coefficient (Wildman–Crippen LogP) is 4.98. The fourth-order valence-electron chi connectivity index (χ4n) is 4.25. The highest BCUT2D eigenvalue weighted by atomic mass is 15.2. The minimum absolute atomic E-state index is 0.446. The Labute approximate surface area is 126 Å². The van der Waals surface area contributed by atoms with Gasteiger partial charge in [-0.2, -0.15) is 0 Å². The minimum atomic E-state index is 0.446. The van der Waals surface area contributed by atoms with Gasteiger partial charge in [0.2, 0.25) is 0 Å². The van der Waals surface area contributed by atoms with E-state index in [1.54, 1.807) is 0 Å². The van der Waals surface area contributed by atoms with Gasteiger partial charge in [0.1, 0.15) is 0 Å². The summed E-state index contributed by atoms with van der Waals surface area (Å²) in [6.45, 7) is 13.4. The molecule has 2 fully saturated rings. The lowest BCUT2D eigenvalue weighted by Crippen LogP contribution is -2.56. The first-order chi connectivity index (χ1) is 9.36. The van der Waals surface area contributed by atoms with Gasteiger partial charge in [-0.1, -0.05) is 46.8 Å². The monoisotopic (exact) mass is 277 g/mol. The van der Waals surface area contributed by atoms with Crippen LogP contribution < -0.4 is 0 Å². The van der Waals surface area contributed by atoms with Crippen LogP contribution in [0.4, 0.5) is 0 Å². The fraction of sp³-hybridized carbons (Fsp3) is 0.895. The van der Waals surface area contributed by atoms with Crippen LogP contribution in [-0.2, 0) is 0 Å². The van der Waals surface area contributed by atoms with Crippen molar-refractivity contribution in [2.24, 2.45) is 29.1 Å². The highest BCUT2D eigenvalue weighted by molar-refractivity contribution is 5.01. The molecule has 20 heavy (non-hydrogen) atoms. The van der Waals surface area contributed by atoms with Gasteiger partial charge in [-0.05, 0) is 68.4 Å². The molecule has 0 aromatic heterocycles. The van der Waals surface area contributed by atoms with Gasteiger partial charge in [0, 0.05) is 6.04 Å². The molecule has 5 atom stereocenters. The minimum Gasteiger partial charge on any atom is -0.303 e. The Bertz CT molecular complexity index is 344. The van der Waals surface area contributed by atoms with Crippen LogP contribution in [0.2, 0.25) is 0 Å². The molecule has 0 N–H and O–H groups in total. The van der Waals surface area contributed by atoms with E-state index in [0.717, 1.165) is 30.2 Å². The van der Waals surface area contributed by atoms with Gasteiger partial charge in [0.15, 0.2) is 0 Å². The fourth-order valence-corrected chi connectivity index (χ4v) is 4.25. The van der Waals surface area contributed by atoms with E-state index in [2.05, 4.69) is 58.7 Å². The summed E-state index contributed by atoms with van der Waals surface area (Å²) in [6, 6.07) is 0.904. The first-order valence-corrected chi connectivity index (χ1v) is 8.73. The molecular formula is C19H35N. The summed E-state index contributed by atoms with van der Waals surface area (Å²) in [7, 11) is 2.30. The molecule has 2 rings (SSSR count). The Kier molecular flexibility index (Phi) is 5.00. The molecule has 0 aromatic rings. The van der Waals surface area contributed by atoms with Gasteiger partial charge in [-0.25, -0.2) is 0 Å². The van der Waals surface area contributed by atoms with Crippen LogP contribution in [0.15, 0.2) is 12.2 Å². The summed E-state index contributed by atoms with van der Waals surface area (Å²) in [4.78, 5) is 2.56. The van der Waals surface area contributed by atoms with Crippen molar-refractivity contribution in [3.8, 4) is 0 Å². The topological polar surface area (TPSA) is 3.24 Å². The Morgan fingerprint density at radius 1 is 1.35 bits per heavy atom. The normalized spacial score (nSPS) is 36.7. The van der Waals surface area contributed by atoms with E-state index in [1.807, 2.05) is 0 Å². The molecule has 1 aliphatic heterocycles. The van der Waals surface area contributed by atoms with Crippen molar-refractivity contribution < 1.29 is 0 Å². The summed E-state index contributed by atoms with van der Waals surface area (Å²) in [6.07, 6.45) is 10.2. The third-order valence-corrected chi connectivity index (χ3v) is 6.51. The third kappa shape index (κ3) is 3.13. The molecule has 0 radical (unpaired) electrons. The molecule has 1 nitrogen and oxygen atoms in total. The van der Waals surface area contributed by atoms with Crippen molar-refractivity contribution in [3.05, 3.63) is 12.2 Å². The lowest BCUT2D eigenvalue weighted by Gasteiger charge is -2.55. The Hall–Kier alpha value is -0.300. The second-order valence-corrected chi connectivity index (χ2v) is 8.17. The Balaban J connectivity index is 1.83. The molecule has 1 heteroatoms. The summed E-state index contributed by atoms with van der Waals surface area (Å²) >= 11 is 0. The maximum Gasteiger partial charge on any atom is 0.0135 e. The summed E-state index contributed by atoms with van der Waals surface area (Å²) in [5, 5.41) is 0. The van der Waals surface area contributed by atoms with E-state index in [4.69, 9.17) is 0 Å². The lowest BCUT2D eigenvalue weighted by molar-refractivity contribution is -0.0529. The maximum absolute atomic E-state index is 2.56. The quantitative estimate of drug-likeness (QED) is 0.619. The average Bonchev–Trinajstić information content (AvgIpc) is 2.41. The van der Waals surface area contributed by atoms with Gasteiger partial charge in [0.25, 0.3) is 0 Å². The number of nitrogens with zero attached hydrogens (tertiary/aromatic N) is 1. The molecule has 0 spiro atoms. The number of likely N-dealkylation sites (tertiary alicyclic amines) is 1. The summed E-state index contributed by atoms with van der Waals surface area (Å²) < 4.78 is 0. The molecule has 1 saturated carbocycles. The van der Waals surface area contributed by atoms with Crippen LogP contribution in [0.25, 0.3) is 0 Å². The molecule has 5 unspecified atom stereocenters. The number of hydrogen-bond acceptors (Lipinski definition) is 1. The van der Waals surface area contributed by atoms with Crippen molar-refractivity contribution in [1.29, 1.82) is 0 Å². The van der Waals surface area contributed by atoms with Gasteiger partial charge in [0.05, 0.1) is 0 Å². The van der Waals surface area contributed by atoms with E-state index in [9.17, 15) is 0 Å². The van der Waals surface area contributed by atoms with Crippen LogP contribution in [0.3, 0.4) is 0 Å². The smallest absolute Gasteiger partial charge is 0.0135 e. The van der Waals surface area contributed by atoms with Crippen molar-refractivity contribution in [2.45, 2.75) is 66.3 Å². The molecule has 1 saturated heterocycles. The highest BCUT2D eigenvalue weighted by Crippen LogP contribution is 2.51. The van der Waals surface area contributed by atoms with Crippen LogP contribution in [-0.4, -0.2) is 24.5 Å². The van der Waals surface area contributed by atoms with E-state index in [1.165, 1.54) is 25.8 Å². The second kappa shape index (κ2) is 6.22. The molecular weight excluding hydrogens is 242 g/mol. The van der Waals surface area contributed by atoms with Gasteiger partial charge in [-0.15, -0.1) is 0 Å². The van der Waals surface area contributed by atoms with Crippen LogP contribution >= 0.6 is 0 Å². The number of rotatable bonds is 6. The second-order valence-electron chi connectivity index (χ2n) is 8.17. The third-order valence-electron chi connectivity index (χ3n) is 6.51. The predicted molar refractivity (Wildman–Crippen MR) is 88.8 cm³/mol. The molecule has 116 valence electrons.